The standard InChI is InChI=1S/C23H14O4/c24-21(15-9-3-1-4-10-15)19-17-13-7-8-14-18(17)27-23(26)20(19)22(25)16-11-5-2-6-12-16/h1-14H. The topological polar surface area (TPSA) is 64.3 Å². The number of carbonyl (C=O) groups is 2. The zero-order chi connectivity index (χ0) is 18.8. The van der Waals surface area contributed by atoms with Crippen LogP contribution in [0.1, 0.15) is 31.8 Å². The molecule has 0 aliphatic carbocycles. The van der Waals surface area contributed by atoms with Gasteiger partial charge in [0.2, 0.25) is 5.78 Å². The summed E-state index contributed by atoms with van der Waals surface area (Å²) in [6.45, 7) is 0. The van der Waals surface area contributed by atoms with Crippen LogP contribution in [-0.2, 0) is 0 Å². The summed E-state index contributed by atoms with van der Waals surface area (Å²) in [5.74, 6) is -0.923. The van der Waals surface area contributed by atoms with Crippen LogP contribution in [0.15, 0.2) is 94.1 Å². The Balaban J connectivity index is 2.04. The molecule has 4 nitrogen and oxygen atoms in total. The Morgan fingerprint density at radius 3 is 1.67 bits per heavy atom. The highest BCUT2D eigenvalue weighted by Gasteiger charge is 2.27. The second kappa shape index (κ2) is 6.84. The fraction of sp³-hybridized carbons (Fsp3) is 0. The molecule has 4 heteroatoms. The van der Waals surface area contributed by atoms with Crippen LogP contribution in [0.25, 0.3) is 11.0 Å². The van der Waals surface area contributed by atoms with E-state index in [1.807, 2.05) is 0 Å². The molecular weight excluding hydrogens is 340 g/mol. The summed E-state index contributed by atoms with van der Waals surface area (Å²) in [5.41, 5.74) is 0.00133. The van der Waals surface area contributed by atoms with Crippen molar-refractivity contribution < 1.29 is 14.0 Å². The lowest BCUT2D eigenvalue weighted by atomic mass is 9.92. The number of rotatable bonds is 4. The molecule has 0 fully saturated rings. The molecular formula is C23H14O4. The Hall–Kier alpha value is -3.79. The van der Waals surface area contributed by atoms with Gasteiger partial charge in [-0.05, 0) is 6.07 Å². The lowest BCUT2D eigenvalue weighted by Crippen LogP contribution is -2.21. The normalized spacial score (nSPS) is 10.7. The zero-order valence-electron chi connectivity index (χ0n) is 14.2. The van der Waals surface area contributed by atoms with Crippen LogP contribution >= 0.6 is 0 Å². The van der Waals surface area contributed by atoms with Crippen molar-refractivity contribution in [3.05, 3.63) is 118 Å². The Labute approximate surface area is 154 Å². The smallest absolute Gasteiger partial charge is 0.348 e. The highest BCUT2D eigenvalue weighted by atomic mass is 16.4. The van der Waals surface area contributed by atoms with Gasteiger partial charge >= 0.3 is 5.63 Å². The van der Waals surface area contributed by atoms with Gasteiger partial charge in [0.05, 0.1) is 5.56 Å². The van der Waals surface area contributed by atoms with Crippen LogP contribution < -0.4 is 5.63 Å². The maximum Gasteiger partial charge on any atom is 0.348 e. The molecule has 1 heterocycles. The second-order valence-corrected chi connectivity index (χ2v) is 6.03. The molecule has 0 radical (unpaired) electrons. The van der Waals surface area contributed by atoms with E-state index in [2.05, 4.69) is 0 Å². The van der Waals surface area contributed by atoms with Crippen LogP contribution in [0.2, 0.25) is 0 Å². The van der Waals surface area contributed by atoms with Crippen LogP contribution in [0, 0.1) is 0 Å². The van der Waals surface area contributed by atoms with Gasteiger partial charge in [-0.2, -0.15) is 0 Å². The molecule has 27 heavy (non-hydrogen) atoms. The van der Waals surface area contributed by atoms with E-state index in [1.54, 1.807) is 84.9 Å². The fourth-order valence-electron chi connectivity index (χ4n) is 3.06. The summed E-state index contributed by atoms with van der Waals surface area (Å²) in [6, 6.07) is 23.7. The van der Waals surface area contributed by atoms with Crippen molar-refractivity contribution in [2.75, 3.05) is 0 Å². The third-order valence-corrected chi connectivity index (χ3v) is 4.34. The number of para-hydroxylation sites is 1. The molecule has 0 bridgehead atoms. The molecule has 3 aromatic carbocycles. The number of ketones is 2. The zero-order valence-corrected chi connectivity index (χ0v) is 14.2. The van der Waals surface area contributed by atoms with Crippen LogP contribution in [0.4, 0.5) is 0 Å². The Morgan fingerprint density at radius 2 is 1.07 bits per heavy atom. The third kappa shape index (κ3) is 2.98. The maximum atomic E-state index is 13.2. The van der Waals surface area contributed by atoms with Gasteiger partial charge in [0, 0.05) is 16.5 Å². The average Bonchev–Trinajstić information content (AvgIpc) is 2.73. The van der Waals surface area contributed by atoms with Crippen molar-refractivity contribution in [3.8, 4) is 0 Å². The highest BCUT2D eigenvalue weighted by Crippen LogP contribution is 2.24. The summed E-state index contributed by atoms with van der Waals surface area (Å²) in [4.78, 5) is 39.0. The molecule has 0 atom stereocenters. The number of hydrogen-bond acceptors (Lipinski definition) is 4. The Morgan fingerprint density at radius 1 is 0.593 bits per heavy atom. The Bertz CT molecular complexity index is 1210. The van der Waals surface area contributed by atoms with E-state index >= 15 is 0 Å². The summed E-state index contributed by atoms with van der Waals surface area (Å²) in [5, 5.41) is 0.435. The SMILES string of the molecule is O=C(c1ccccc1)c1c(C(=O)c2ccccc2)c2ccccc2oc1=O. The molecule has 0 saturated carbocycles. The predicted molar refractivity (Wildman–Crippen MR) is 102 cm³/mol. The van der Waals surface area contributed by atoms with E-state index in [0.29, 0.717) is 16.5 Å². The second-order valence-electron chi connectivity index (χ2n) is 6.03. The summed E-state index contributed by atoms with van der Waals surface area (Å²) < 4.78 is 5.33. The molecule has 1 aromatic heterocycles. The molecule has 0 unspecified atom stereocenters. The summed E-state index contributed by atoms with van der Waals surface area (Å²) in [7, 11) is 0. The van der Waals surface area contributed by atoms with Gasteiger partial charge < -0.3 is 4.42 Å². The van der Waals surface area contributed by atoms with E-state index in [0.717, 1.165) is 0 Å². The molecule has 0 amide bonds. The van der Waals surface area contributed by atoms with Gasteiger partial charge in [-0.15, -0.1) is 0 Å². The van der Waals surface area contributed by atoms with E-state index in [-0.39, 0.29) is 22.5 Å². The quantitative estimate of drug-likeness (QED) is 0.406. The monoisotopic (exact) mass is 354 g/mol. The van der Waals surface area contributed by atoms with Crippen molar-refractivity contribution >= 4 is 22.5 Å². The van der Waals surface area contributed by atoms with Gasteiger partial charge in [0.25, 0.3) is 0 Å². The number of benzene rings is 3. The van der Waals surface area contributed by atoms with Crippen molar-refractivity contribution in [1.29, 1.82) is 0 Å². The van der Waals surface area contributed by atoms with Crippen molar-refractivity contribution in [3.63, 3.8) is 0 Å². The highest BCUT2D eigenvalue weighted by molar-refractivity contribution is 6.24. The molecule has 0 N–H and O–H groups in total. The summed E-state index contributed by atoms with van der Waals surface area (Å²) in [6.07, 6.45) is 0. The largest absolute Gasteiger partial charge is 0.422 e. The molecule has 130 valence electrons. The van der Waals surface area contributed by atoms with Gasteiger partial charge in [0.15, 0.2) is 5.78 Å². The van der Waals surface area contributed by atoms with Crippen LogP contribution in [-0.4, -0.2) is 11.6 Å². The lowest BCUT2D eigenvalue weighted by Gasteiger charge is -2.10. The first-order valence-corrected chi connectivity index (χ1v) is 8.42. The van der Waals surface area contributed by atoms with Gasteiger partial charge in [0.1, 0.15) is 11.1 Å². The molecule has 4 aromatic rings. The molecule has 4 rings (SSSR count). The van der Waals surface area contributed by atoms with E-state index < -0.39 is 11.4 Å². The Kier molecular flexibility index (Phi) is 4.22. The van der Waals surface area contributed by atoms with Crippen molar-refractivity contribution in [2.24, 2.45) is 0 Å². The number of carbonyl (C=O) groups excluding carboxylic acids is 2. The first kappa shape index (κ1) is 16.7. The van der Waals surface area contributed by atoms with Gasteiger partial charge in [-0.1, -0.05) is 78.9 Å². The number of hydrogen-bond donors (Lipinski definition) is 0. The molecule has 0 aliphatic rings. The maximum absolute atomic E-state index is 13.2. The van der Waals surface area contributed by atoms with Crippen molar-refractivity contribution in [1.82, 2.24) is 0 Å². The van der Waals surface area contributed by atoms with E-state index in [4.69, 9.17) is 4.42 Å². The molecule has 0 spiro atoms. The average molecular weight is 354 g/mol. The minimum absolute atomic E-state index is 0.0712. The van der Waals surface area contributed by atoms with Crippen LogP contribution in [0.3, 0.4) is 0 Å². The van der Waals surface area contributed by atoms with E-state index in [9.17, 15) is 14.4 Å². The van der Waals surface area contributed by atoms with Crippen molar-refractivity contribution in [2.45, 2.75) is 0 Å². The molecule has 0 saturated heterocycles. The minimum atomic E-state index is -0.818. The predicted octanol–water partition coefficient (Wildman–Crippen LogP) is 4.26. The molecule has 0 aliphatic heterocycles. The number of fused-ring (bicyclic) bond motifs is 1. The van der Waals surface area contributed by atoms with Gasteiger partial charge in [-0.25, -0.2) is 4.79 Å². The lowest BCUT2D eigenvalue weighted by molar-refractivity contribution is 0.100. The van der Waals surface area contributed by atoms with Crippen LogP contribution in [0.5, 0.6) is 0 Å². The van der Waals surface area contributed by atoms with E-state index in [1.165, 1.54) is 0 Å². The first-order valence-electron chi connectivity index (χ1n) is 8.42. The minimum Gasteiger partial charge on any atom is -0.422 e. The first-order chi connectivity index (χ1) is 13.2. The summed E-state index contributed by atoms with van der Waals surface area (Å²) >= 11 is 0. The van der Waals surface area contributed by atoms with Gasteiger partial charge in [-0.3, -0.25) is 9.59 Å². The fourth-order valence-corrected chi connectivity index (χ4v) is 3.06. The third-order valence-electron chi connectivity index (χ3n) is 4.34.